The number of pyridine rings is 2. The summed E-state index contributed by atoms with van der Waals surface area (Å²) in [5.74, 6) is 0.457. The quantitative estimate of drug-likeness (QED) is 0.343. The van der Waals surface area contributed by atoms with Crippen LogP contribution in [-0.2, 0) is 16.3 Å². The van der Waals surface area contributed by atoms with Gasteiger partial charge in [0, 0.05) is 61.7 Å². The van der Waals surface area contributed by atoms with E-state index in [0.717, 1.165) is 54.2 Å². The maximum Gasteiger partial charge on any atom is 0.226 e. The number of anilines is 2. The van der Waals surface area contributed by atoms with E-state index in [4.69, 9.17) is 4.42 Å². The second-order valence-electron chi connectivity index (χ2n) is 9.31. The Labute approximate surface area is 209 Å². The molecule has 0 amide bonds. The summed E-state index contributed by atoms with van der Waals surface area (Å²) in [6, 6.07) is 5.67. The molecule has 0 bridgehead atoms. The van der Waals surface area contributed by atoms with Crippen molar-refractivity contribution in [2.45, 2.75) is 38.8 Å². The van der Waals surface area contributed by atoms with Crippen LogP contribution in [-0.4, -0.2) is 58.0 Å². The summed E-state index contributed by atoms with van der Waals surface area (Å²) in [7, 11) is -3.08. The van der Waals surface area contributed by atoms with Gasteiger partial charge < -0.3 is 24.1 Å². The summed E-state index contributed by atoms with van der Waals surface area (Å²) in [5.41, 5.74) is 5.11. The molecule has 5 heterocycles. The van der Waals surface area contributed by atoms with E-state index in [1.165, 1.54) is 18.9 Å². The van der Waals surface area contributed by atoms with Gasteiger partial charge >= 0.3 is 0 Å². The van der Waals surface area contributed by atoms with Crippen molar-refractivity contribution < 1.29 is 17.9 Å². The van der Waals surface area contributed by atoms with Crippen LogP contribution in [0.2, 0.25) is 0 Å². The maximum absolute atomic E-state index is 11.6. The Balaban J connectivity index is 1.44. The average Bonchev–Trinajstić information content (AvgIpc) is 3.50. The number of piperidine rings is 1. The number of rotatable bonds is 8. The van der Waals surface area contributed by atoms with Gasteiger partial charge in [0.15, 0.2) is 6.23 Å². The normalized spacial score (nSPS) is 15.4. The van der Waals surface area contributed by atoms with Gasteiger partial charge in [0.25, 0.3) is 0 Å². The SMILES string of the molecule is Cc1cc(-c2nc(C(O)Nc3cn4cc(CCS(C)(=O)=O)nc4cc3N3CCCCC3)co2)ccn1. The van der Waals surface area contributed by atoms with Gasteiger partial charge in [-0.2, -0.15) is 0 Å². The first-order valence-corrected chi connectivity index (χ1v) is 14.1. The molecule has 36 heavy (non-hydrogen) atoms. The Bertz CT molecular complexity index is 1470. The van der Waals surface area contributed by atoms with Crippen molar-refractivity contribution in [3.8, 4) is 11.5 Å². The lowest BCUT2D eigenvalue weighted by atomic mass is 10.1. The number of nitrogens with one attached hydrogen (secondary N) is 1. The second-order valence-corrected chi connectivity index (χ2v) is 11.6. The van der Waals surface area contributed by atoms with E-state index in [2.05, 4.69) is 25.2 Å². The fourth-order valence-corrected chi connectivity index (χ4v) is 5.02. The number of hydrogen-bond acceptors (Lipinski definition) is 9. The number of oxazole rings is 1. The lowest BCUT2D eigenvalue weighted by molar-refractivity contribution is 0.203. The first-order chi connectivity index (χ1) is 17.2. The van der Waals surface area contributed by atoms with Crippen molar-refractivity contribution in [2.75, 3.05) is 35.3 Å². The standard InChI is InChI=1S/C25H30N6O4S/c1-17-12-18(6-8-26-17)25-29-21(16-35-25)24(32)28-20-15-31-14-19(7-11-36(2,33)34)27-23(31)13-22(20)30-9-4-3-5-10-30/h6,8,12-16,24,28,32H,3-5,7,9-11H2,1-2H3. The van der Waals surface area contributed by atoms with Crippen molar-refractivity contribution in [3.63, 3.8) is 0 Å². The number of sulfone groups is 1. The number of hydrogen-bond donors (Lipinski definition) is 2. The largest absolute Gasteiger partial charge is 0.444 e. The van der Waals surface area contributed by atoms with Crippen LogP contribution in [0.4, 0.5) is 11.4 Å². The fourth-order valence-electron chi connectivity index (χ4n) is 4.44. The molecule has 1 saturated heterocycles. The summed E-state index contributed by atoms with van der Waals surface area (Å²) >= 11 is 0. The third-order valence-electron chi connectivity index (χ3n) is 6.28. The van der Waals surface area contributed by atoms with Gasteiger partial charge in [-0.1, -0.05) is 0 Å². The first-order valence-electron chi connectivity index (χ1n) is 12.0. The molecule has 11 heteroatoms. The second kappa shape index (κ2) is 9.90. The maximum atomic E-state index is 11.6. The highest BCUT2D eigenvalue weighted by atomic mass is 32.2. The minimum absolute atomic E-state index is 0.0468. The lowest BCUT2D eigenvalue weighted by Crippen LogP contribution is -2.30. The predicted molar refractivity (Wildman–Crippen MR) is 138 cm³/mol. The van der Waals surface area contributed by atoms with E-state index in [1.807, 2.05) is 41.9 Å². The highest BCUT2D eigenvalue weighted by Crippen LogP contribution is 2.33. The third kappa shape index (κ3) is 5.52. The van der Waals surface area contributed by atoms with Gasteiger partial charge in [-0.25, -0.2) is 18.4 Å². The summed E-state index contributed by atoms with van der Waals surface area (Å²) in [5, 5.41) is 14.2. The smallest absolute Gasteiger partial charge is 0.226 e. The predicted octanol–water partition coefficient (Wildman–Crippen LogP) is 3.37. The van der Waals surface area contributed by atoms with E-state index < -0.39 is 16.1 Å². The van der Waals surface area contributed by atoms with Crippen LogP contribution in [0.3, 0.4) is 0 Å². The molecule has 1 aliphatic heterocycles. The number of nitrogens with zero attached hydrogens (tertiary/aromatic N) is 5. The zero-order chi connectivity index (χ0) is 25.3. The van der Waals surface area contributed by atoms with Gasteiger partial charge in [0.2, 0.25) is 5.89 Å². The first kappa shape index (κ1) is 24.3. The summed E-state index contributed by atoms with van der Waals surface area (Å²) < 4.78 is 30.7. The molecule has 0 radical (unpaired) electrons. The Hall–Kier alpha value is -3.44. The van der Waals surface area contributed by atoms with Gasteiger partial charge in [-0.05, 0) is 38.3 Å². The van der Waals surface area contributed by atoms with Crippen LogP contribution < -0.4 is 10.2 Å². The van der Waals surface area contributed by atoms with Crippen molar-refractivity contribution in [3.05, 3.63) is 60.1 Å². The molecular formula is C25H30N6O4S. The molecule has 1 unspecified atom stereocenters. The van der Waals surface area contributed by atoms with Crippen LogP contribution in [0.25, 0.3) is 17.1 Å². The van der Waals surface area contributed by atoms with Crippen molar-refractivity contribution in [1.82, 2.24) is 19.4 Å². The van der Waals surface area contributed by atoms with E-state index in [-0.39, 0.29) is 5.75 Å². The molecular weight excluding hydrogens is 480 g/mol. The average molecular weight is 511 g/mol. The minimum atomic E-state index is -3.08. The highest BCUT2D eigenvalue weighted by Gasteiger charge is 2.21. The molecule has 2 N–H and O–H groups in total. The van der Waals surface area contributed by atoms with Crippen molar-refractivity contribution >= 4 is 26.9 Å². The molecule has 1 aliphatic rings. The summed E-state index contributed by atoms with van der Waals surface area (Å²) in [4.78, 5) is 15.6. The van der Waals surface area contributed by atoms with Gasteiger partial charge in [0.05, 0.1) is 22.8 Å². The molecule has 0 aliphatic carbocycles. The molecule has 0 aromatic carbocycles. The number of aryl methyl sites for hydroxylation is 2. The van der Waals surface area contributed by atoms with Crippen LogP contribution in [0.1, 0.15) is 42.6 Å². The lowest BCUT2D eigenvalue weighted by Gasteiger charge is -2.31. The van der Waals surface area contributed by atoms with E-state index in [1.54, 1.807) is 6.20 Å². The molecule has 4 aromatic heterocycles. The highest BCUT2D eigenvalue weighted by molar-refractivity contribution is 7.90. The van der Waals surface area contributed by atoms with E-state index >= 15 is 0 Å². The Morgan fingerprint density at radius 1 is 1.17 bits per heavy atom. The number of aromatic nitrogens is 4. The number of aliphatic hydroxyl groups is 1. The van der Waals surface area contributed by atoms with Crippen LogP contribution in [0.15, 0.2) is 47.5 Å². The van der Waals surface area contributed by atoms with Gasteiger partial charge in [-0.15, -0.1) is 0 Å². The minimum Gasteiger partial charge on any atom is -0.444 e. The number of imidazole rings is 1. The van der Waals surface area contributed by atoms with E-state index in [0.29, 0.717) is 23.7 Å². The Morgan fingerprint density at radius 3 is 2.72 bits per heavy atom. The Morgan fingerprint density at radius 2 is 1.97 bits per heavy atom. The molecule has 1 fully saturated rings. The molecule has 5 rings (SSSR count). The molecule has 4 aromatic rings. The Kier molecular flexibility index (Phi) is 6.67. The van der Waals surface area contributed by atoms with Crippen LogP contribution in [0.5, 0.6) is 0 Å². The van der Waals surface area contributed by atoms with Crippen molar-refractivity contribution in [1.29, 1.82) is 0 Å². The topological polar surface area (TPSA) is 126 Å². The molecule has 0 spiro atoms. The van der Waals surface area contributed by atoms with Gasteiger partial charge in [-0.3, -0.25) is 4.98 Å². The monoisotopic (exact) mass is 510 g/mol. The van der Waals surface area contributed by atoms with E-state index in [9.17, 15) is 13.5 Å². The zero-order valence-corrected chi connectivity index (χ0v) is 21.2. The fraction of sp³-hybridized carbons (Fsp3) is 0.400. The summed E-state index contributed by atoms with van der Waals surface area (Å²) in [6.07, 6.45) is 10.7. The van der Waals surface area contributed by atoms with Gasteiger partial charge in [0.1, 0.15) is 27.4 Å². The molecule has 1 atom stereocenters. The van der Waals surface area contributed by atoms with Crippen LogP contribution >= 0.6 is 0 Å². The number of fused-ring (bicyclic) bond motifs is 1. The molecule has 0 saturated carbocycles. The third-order valence-corrected chi connectivity index (χ3v) is 7.23. The molecule has 10 nitrogen and oxygen atoms in total. The van der Waals surface area contributed by atoms with Crippen LogP contribution in [0, 0.1) is 6.92 Å². The number of aliphatic hydroxyl groups excluding tert-OH is 1. The zero-order valence-electron chi connectivity index (χ0n) is 20.4. The van der Waals surface area contributed by atoms with Crippen molar-refractivity contribution in [2.24, 2.45) is 0 Å². The molecule has 190 valence electrons. The summed E-state index contributed by atoms with van der Waals surface area (Å²) in [6.45, 7) is 3.72.